The van der Waals surface area contributed by atoms with Gasteiger partial charge in [-0.25, -0.2) is 4.39 Å². The summed E-state index contributed by atoms with van der Waals surface area (Å²) in [6, 6.07) is 6.65. The Bertz CT molecular complexity index is 779. The van der Waals surface area contributed by atoms with Crippen molar-refractivity contribution in [2.75, 3.05) is 58.3 Å². The van der Waals surface area contributed by atoms with E-state index in [1.165, 1.54) is 28.8 Å². The van der Waals surface area contributed by atoms with Gasteiger partial charge in [-0.2, -0.15) is 17.0 Å². The fraction of sp³-hybridized carbons (Fsp3) is 0.611. The van der Waals surface area contributed by atoms with Gasteiger partial charge in [-0.05, 0) is 25.0 Å². The summed E-state index contributed by atoms with van der Waals surface area (Å²) < 4.78 is 41.2. The van der Waals surface area contributed by atoms with Crippen molar-refractivity contribution < 1.29 is 17.6 Å². The van der Waals surface area contributed by atoms with Crippen molar-refractivity contribution >= 4 is 21.8 Å². The van der Waals surface area contributed by atoms with E-state index in [-0.39, 0.29) is 24.2 Å². The van der Waals surface area contributed by atoms with Crippen molar-refractivity contribution in [2.24, 2.45) is 5.92 Å². The van der Waals surface area contributed by atoms with E-state index in [2.05, 4.69) is 0 Å². The maximum absolute atomic E-state index is 14.0. The quantitative estimate of drug-likeness (QED) is 0.759. The fourth-order valence-electron chi connectivity index (χ4n) is 3.72. The first-order valence-corrected chi connectivity index (χ1v) is 10.7. The summed E-state index contributed by atoms with van der Waals surface area (Å²) in [7, 11) is -0.495. The van der Waals surface area contributed by atoms with Gasteiger partial charge in [-0.1, -0.05) is 12.1 Å². The lowest BCUT2D eigenvalue weighted by molar-refractivity contribution is -0.137. The molecule has 0 aliphatic carbocycles. The van der Waals surface area contributed by atoms with Gasteiger partial charge >= 0.3 is 0 Å². The highest BCUT2D eigenvalue weighted by molar-refractivity contribution is 7.86. The van der Waals surface area contributed by atoms with E-state index in [1.807, 2.05) is 4.90 Å². The summed E-state index contributed by atoms with van der Waals surface area (Å²) >= 11 is 0. The van der Waals surface area contributed by atoms with Gasteiger partial charge in [-0.3, -0.25) is 4.79 Å². The van der Waals surface area contributed by atoms with Gasteiger partial charge in [0.15, 0.2) is 0 Å². The largest absolute Gasteiger partial charge is 0.366 e. The normalized spacial score (nSPS) is 22.3. The highest BCUT2D eigenvalue weighted by Gasteiger charge is 2.36. The maximum atomic E-state index is 14.0. The lowest BCUT2D eigenvalue weighted by Crippen LogP contribution is -2.54. The first kappa shape index (κ1) is 20.0. The standard InChI is InChI=1S/C18H27FN4O3S/c1-20(2)27(25,26)23-9-5-6-15(14-23)18(24)22-12-10-21(11-13-22)17-8-4-3-7-16(17)19/h3-4,7-8,15H,5-6,9-14H2,1-2H3/t15-/m0/s1. The van der Waals surface area contributed by atoms with Crippen LogP contribution in [0.5, 0.6) is 0 Å². The zero-order valence-corrected chi connectivity index (χ0v) is 16.7. The number of piperazine rings is 1. The molecule has 1 aromatic carbocycles. The highest BCUT2D eigenvalue weighted by Crippen LogP contribution is 2.24. The lowest BCUT2D eigenvalue weighted by Gasteiger charge is -2.39. The molecule has 9 heteroatoms. The smallest absolute Gasteiger partial charge is 0.281 e. The molecule has 0 spiro atoms. The van der Waals surface area contributed by atoms with Crippen molar-refractivity contribution in [3.8, 4) is 0 Å². The summed E-state index contributed by atoms with van der Waals surface area (Å²) in [6.45, 7) is 2.85. The minimum absolute atomic E-state index is 0.00170. The lowest BCUT2D eigenvalue weighted by atomic mass is 9.97. The van der Waals surface area contributed by atoms with Crippen LogP contribution in [0.25, 0.3) is 0 Å². The molecule has 2 aliphatic rings. The molecule has 7 nitrogen and oxygen atoms in total. The predicted molar refractivity (Wildman–Crippen MR) is 102 cm³/mol. The molecule has 1 atom stereocenters. The van der Waals surface area contributed by atoms with E-state index in [4.69, 9.17) is 0 Å². The molecular weight excluding hydrogens is 371 g/mol. The summed E-state index contributed by atoms with van der Waals surface area (Å²) in [5.41, 5.74) is 0.561. The number of amides is 1. The Balaban J connectivity index is 1.60. The summed E-state index contributed by atoms with van der Waals surface area (Å²) in [5, 5.41) is 0. The van der Waals surface area contributed by atoms with Gasteiger partial charge in [0, 0.05) is 53.4 Å². The van der Waals surface area contributed by atoms with Gasteiger partial charge in [0.25, 0.3) is 10.2 Å². The second kappa shape index (κ2) is 8.12. The minimum Gasteiger partial charge on any atom is -0.366 e. The predicted octanol–water partition coefficient (Wildman–Crippen LogP) is 0.993. The Morgan fingerprint density at radius 3 is 2.41 bits per heavy atom. The third-order valence-corrected chi connectivity index (χ3v) is 7.21. The van der Waals surface area contributed by atoms with Crippen LogP contribution in [0.15, 0.2) is 24.3 Å². The van der Waals surface area contributed by atoms with E-state index in [0.29, 0.717) is 51.3 Å². The number of rotatable bonds is 4. The number of carbonyl (C=O) groups excluding carboxylic acids is 1. The molecule has 0 saturated carbocycles. The van der Waals surface area contributed by atoms with Crippen LogP contribution in [0.4, 0.5) is 10.1 Å². The van der Waals surface area contributed by atoms with Gasteiger partial charge < -0.3 is 9.80 Å². The van der Waals surface area contributed by atoms with Crippen LogP contribution in [0.3, 0.4) is 0 Å². The van der Waals surface area contributed by atoms with E-state index in [0.717, 1.165) is 0 Å². The zero-order chi connectivity index (χ0) is 19.6. The molecule has 0 N–H and O–H groups in total. The number of anilines is 1. The zero-order valence-electron chi connectivity index (χ0n) is 15.8. The minimum atomic E-state index is -3.50. The second-order valence-electron chi connectivity index (χ2n) is 7.25. The molecule has 2 fully saturated rings. The monoisotopic (exact) mass is 398 g/mol. The Kier molecular flexibility index (Phi) is 6.02. The number of hydrogen-bond donors (Lipinski definition) is 0. The number of para-hydroxylation sites is 1. The summed E-state index contributed by atoms with van der Waals surface area (Å²) in [4.78, 5) is 16.6. The van der Waals surface area contributed by atoms with Crippen LogP contribution in [-0.4, -0.2) is 81.2 Å². The Hall–Kier alpha value is -1.71. The van der Waals surface area contributed by atoms with Gasteiger partial charge in [0.2, 0.25) is 5.91 Å². The van der Waals surface area contributed by atoms with Crippen LogP contribution >= 0.6 is 0 Å². The van der Waals surface area contributed by atoms with E-state index in [9.17, 15) is 17.6 Å². The van der Waals surface area contributed by atoms with Gasteiger partial charge in [0.05, 0.1) is 11.6 Å². The summed E-state index contributed by atoms with van der Waals surface area (Å²) in [6.07, 6.45) is 1.38. The van der Waals surface area contributed by atoms with E-state index in [1.54, 1.807) is 23.1 Å². The van der Waals surface area contributed by atoms with Crippen molar-refractivity contribution in [3.05, 3.63) is 30.1 Å². The molecule has 3 rings (SSSR count). The second-order valence-corrected chi connectivity index (χ2v) is 9.39. The molecule has 0 radical (unpaired) electrons. The molecule has 150 valence electrons. The van der Waals surface area contributed by atoms with Crippen LogP contribution in [0, 0.1) is 11.7 Å². The van der Waals surface area contributed by atoms with Crippen LogP contribution in [-0.2, 0) is 15.0 Å². The van der Waals surface area contributed by atoms with Crippen LogP contribution < -0.4 is 4.90 Å². The molecule has 2 heterocycles. The first-order chi connectivity index (χ1) is 12.8. The molecule has 27 heavy (non-hydrogen) atoms. The highest BCUT2D eigenvalue weighted by atomic mass is 32.2. The van der Waals surface area contributed by atoms with Gasteiger partial charge in [-0.15, -0.1) is 0 Å². The molecular formula is C18H27FN4O3S. The molecule has 0 aromatic heterocycles. The molecule has 0 unspecified atom stereocenters. The van der Waals surface area contributed by atoms with E-state index < -0.39 is 10.2 Å². The SMILES string of the molecule is CN(C)S(=O)(=O)N1CCC[C@H](C(=O)N2CCN(c3ccccc3F)CC2)C1. The van der Waals surface area contributed by atoms with Crippen molar-refractivity contribution in [1.82, 2.24) is 13.5 Å². The number of hydrogen-bond acceptors (Lipinski definition) is 4. The number of nitrogens with zero attached hydrogens (tertiary/aromatic N) is 4. The third-order valence-electron chi connectivity index (χ3n) is 5.31. The molecule has 2 aliphatic heterocycles. The number of carbonyl (C=O) groups is 1. The van der Waals surface area contributed by atoms with Crippen LogP contribution in [0.1, 0.15) is 12.8 Å². The van der Waals surface area contributed by atoms with Gasteiger partial charge in [0.1, 0.15) is 5.82 Å². The molecule has 0 bridgehead atoms. The topological polar surface area (TPSA) is 64.2 Å². The number of benzene rings is 1. The molecule has 1 amide bonds. The van der Waals surface area contributed by atoms with Crippen molar-refractivity contribution in [3.63, 3.8) is 0 Å². The third kappa shape index (κ3) is 4.25. The Labute approximate surface area is 160 Å². The van der Waals surface area contributed by atoms with E-state index >= 15 is 0 Å². The number of piperidine rings is 1. The molecule has 1 aromatic rings. The first-order valence-electron chi connectivity index (χ1n) is 9.26. The molecule has 2 saturated heterocycles. The maximum Gasteiger partial charge on any atom is 0.281 e. The Morgan fingerprint density at radius 2 is 1.78 bits per heavy atom. The Morgan fingerprint density at radius 1 is 1.11 bits per heavy atom. The number of halogens is 1. The summed E-state index contributed by atoms with van der Waals surface area (Å²) in [5.74, 6) is -0.565. The average Bonchev–Trinajstić information content (AvgIpc) is 2.68. The van der Waals surface area contributed by atoms with Crippen LogP contribution in [0.2, 0.25) is 0 Å². The average molecular weight is 399 g/mol. The van der Waals surface area contributed by atoms with Crippen molar-refractivity contribution in [1.29, 1.82) is 0 Å². The van der Waals surface area contributed by atoms with Crippen molar-refractivity contribution in [2.45, 2.75) is 12.8 Å². The fourth-order valence-corrected chi connectivity index (χ4v) is 4.91.